The van der Waals surface area contributed by atoms with Crippen LogP contribution in [-0.2, 0) is 0 Å². The summed E-state index contributed by atoms with van der Waals surface area (Å²) in [6, 6.07) is 1.36. The lowest BCUT2D eigenvalue weighted by Gasteiger charge is -2.36. The molecule has 2 heterocycles. The van der Waals surface area contributed by atoms with Crippen molar-refractivity contribution < 1.29 is 0 Å². The molecule has 0 aromatic rings. The third-order valence-electron chi connectivity index (χ3n) is 3.81. The molecule has 0 aromatic heterocycles. The maximum atomic E-state index is 3.70. The third kappa shape index (κ3) is 4.80. The van der Waals surface area contributed by atoms with Crippen molar-refractivity contribution in [1.29, 1.82) is 0 Å². The number of nitrogens with one attached hydrogen (secondary N) is 1. The number of thioether (sulfide) groups is 1. The molecule has 2 aliphatic rings. The molecule has 2 atom stereocenters. The predicted octanol–water partition coefficient (Wildman–Crippen LogP) is 2.73. The standard InChI is InChI=1S/C14H28N2S/c1-12(2)15-13-6-5-8-16(10-13)11-14-7-3-4-9-17-14/h12-15H,3-11H2,1-2H3. The van der Waals surface area contributed by atoms with Gasteiger partial charge in [-0.2, -0.15) is 11.8 Å². The van der Waals surface area contributed by atoms with Crippen molar-refractivity contribution in [3.05, 3.63) is 0 Å². The van der Waals surface area contributed by atoms with Crippen molar-refractivity contribution in [3.63, 3.8) is 0 Å². The van der Waals surface area contributed by atoms with E-state index in [9.17, 15) is 0 Å². The van der Waals surface area contributed by atoms with Crippen LogP contribution in [0.3, 0.4) is 0 Å². The van der Waals surface area contributed by atoms with Gasteiger partial charge in [0.05, 0.1) is 0 Å². The summed E-state index contributed by atoms with van der Waals surface area (Å²) in [5.74, 6) is 1.40. The van der Waals surface area contributed by atoms with Crippen LogP contribution in [0.1, 0.15) is 46.0 Å². The lowest BCUT2D eigenvalue weighted by Crippen LogP contribution is -2.49. The topological polar surface area (TPSA) is 15.3 Å². The molecule has 1 N–H and O–H groups in total. The van der Waals surface area contributed by atoms with Gasteiger partial charge in [0, 0.05) is 30.4 Å². The molecule has 2 saturated heterocycles. The summed E-state index contributed by atoms with van der Waals surface area (Å²) in [5.41, 5.74) is 0. The first kappa shape index (κ1) is 13.7. The summed E-state index contributed by atoms with van der Waals surface area (Å²) in [6.07, 6.45) is 7.09. The molecule has 0 aliphatic carbocycles. The van der Waals surface area contributed by atoms with Crippen LogP contribution in [0.25, 0.3) is 0 Å². The number of rotatable bonds is 4. The summed E-state index contributed by atoms with van der Waals surface area (Å²) in [6.45, 7) is 8.45. The summed E-state index contributed by atoms with van der Waals surface area (Å²) in [4.78, 5) is 2.70. The van der Waals surface area contributed by atoms with Crippen molar-refractivity contribution in [3.8, 4) is 0 Å². The fraction of sp³-hybridized carbons (Fsp3) is 1.00. The SMILES string of the molecule is CC(C)NC1CCCN(CC2CCCCS2)C1. The molecule has 2 nitrogen and oxygen atoms in total. The molecule has 0 spiro atoms. The van der Waals surface area contributed by atoms with Gasteiger partial charge in [0.15, 0.2) is 0 Å². The Morgan fingerprint density at radius 1 is 1.24 bits per heavy atom. The third-order valence-corrected chi connectivity index (χ3v) is 5.19. The zero-order chi connectivity index (χ0) is 12.1. The van der Waals surface area contributed by atoms with E-state index >= 15 is 0 Å². The second kappa shape index (κ2) is 7.01. The Hall–Kier alpha value is 0.270. The van der Waals surface area contributed by atoms with E-state index in [1.54, 1.807) is 0 Å². The Balaban J connectivity index is 1.72. The minimum absolute atomic E-state index is 0.629. The fourth-order valence-electron chi connectivity index (χ4n) is 3.07. The second-order valence-electron chi connectivity index (χ2n) is 5.91. The highest BCUT2D eigenvalue weighted by atomic mass is 32.2. The van der Waals surface area contributed by atoms with Gasteiger partial charge in [-0.25, -0.2) is 0 Å². The van der Waals surface area contributed by atoms with Gasteiger partial charge in [-0.3, -0.25) is 0 Å². The molecule has 0 bridgehead atoms. The summed E-state index contributed by atoms with van der Waals surface area (Å²) in [5, 5.41) is 4.62. The number of piperidine rings is 1. The van der Waals surface area contributed by atoms with Crippen molar-refractivity contribution in [2.45, 2.75) is 63.3 Å². The van der Waals surface area contributed by atoms with Gasteiger partial charge in [-0.05, 0) is 38.0 Å². The normalized spacial score (nSPS) is 31.9. The van der Waals surface area contributed by atoms with E-state index in [4.69, 9.17) is 0 Å². The number of nitrogens with zero attached hydrogens (tertiary/aromatic N) is 1. The largest absolute Gasteiger partial charge is 0.311 e. The molecule has 0 radical (unpaired) electrons. The molecular formula is C14H28N2S. The van der Waals surface area contributed by atoms with Crippen molar-refractivity contribution >= 4 is 11.8 Å². The van der Waals surface area contributed by atoms with Crippen molar-refractivity contribution in [2.24, 2.45) is 0 Å². The highest BCUT2D eigenvalue weighted by Gasteiger charge is 2.23. The Kier molecular flexibility index (Phi) is 5.64. The number of likely N-dealkylation sites (tertiary alicyclic amines) is 1. The lowest BCUT2D eigenvalue weighted by molar-refractivity contribution is 0.184. The highest BCUT2D eigenvalue weighted by Crippen LogP contribution is 2.26. The van der Waals surface area contributed by atoms with E-state index in [-0.39, 0.29) is 0 Å². The molecule has 0 saturated carbocycles. The minimum atomic E-state index is 0.629. The van der Waals surface area contributed by atoms with Gasteiger partial charge in [0.1, 0.15) is 0 Å². The van der Waals surface area contributed by atoms with Gasteiger partial charge >= 0.3 is 0 Å². The smallest absolute Gasteiger partial charge is 0.0197 e. The zero-order valence-corrected chi connectivity index (χ0v) is 12.3. The van der Waals surface area contributed by atoms with Gasteiger partial charge in [-0.15, -0.1) is 0 Å². The quantitative estimate of drug-likeness (QED) is 0.832. The molecule has 3 heteroatoms. The molecular weight excluding hydrogens is 228 g/mol. The van der Waals surface area contributed by atoms with Crippen LogP contribution in [0.5, 0.6) is 0 Å². The van der Waals surface area contributed by atoms with Gasteiger partial charge < -0.3 is 10.2 Å². The van der Waals surface area contributed by atoms with E-state index in [2.05, 4.69) is 35.8 Å². The number of hydrogen-bond donors (Lipinski definition) is 1. The fourth-order valence-corrected chi connectivity index (χ4v) is 4.42. The summed E-state index contributed by atoms with van der Waals surface area (Å²) < 4.78 is 0. The second-order valence-corrected chi connectivity index (χ2v) is 7.32. The van der Waals surface area contributed by atoms with Gasteiger partial charge in [0.2, 0.25) is 0 Å². The Morgan fingerprint density at radius 2 is 2.12 bits per heavy atom. The van der Waals surface area contributed by atoms with E-state index < -0.39 is 0 Å². The van der Waals surface area contributed by atoms with Crippen LogP contribution >= 0.6 is 11.8 Å². The van der Waals surface area contributed by atoms with Crippen molar-refractivity contribution in [2.75, 3.05) is 25.4 Å². The first-order chi connectivity index (χ1) is 8.24. The first-order valence-electron chi connectivity index (χ1n) is 7.34. The van der Waals surface area contributed by atoms with Crippen molar-refractivity contribution in [1.82, 2.24) is 10.2 Å². The molecule has 2 aliphatic heterocycles. The maximum Gasteiger partial charge on any atom is 0.0197 e. The summed E-state index contributed by atoms with van der Waals surface area (Å²) >= 11 is 2.21. The summed E-state index contributed by atoms with van der Waals surface area (Å²) in [7, 11) is 0. The van der Waals surface area contributed by atoms with Crippen LogP contribution < -0.4 is 5.32 Å². The van der Waals surface area contributed by atoms with Gasteiger partial charge in [0.25, 0.3) is 0 Å². The van der Waals surface area contributed by atoms with E-state index in [0.29, 0.717) is 6.04 Å². The Morgan fingerprint density at radius 3 is 2.82 bits per heavy atom. The van der Waals surface area contributed by atoms with Crippen LogP contribution in [-0.4, -0.2) is 47.6 Å². The molecule has 100 valence electrons. The highest BCUT2D eigenvalue weighted by molar-refractivity contribution is 7.99. The Bertz CT molecular complexity index is 214. The molecule has 2 rings (SSSR count). The first-order valence-corrected chi connectivity index (χ1v) is 8.39. The molecule has 2 fully saturated rings. The van der Waals surface area contributed by atoms with Gasteiger partial charge in [-0.1, -0.05) is 20.3 Å². The maximum absolute atomic E-state index is 3.70. The van der Waals surface area contributed by atoms with Crippen LogP contribution in [0.15, 0.2) is 0 Å². The number of hydrogen-bond acceptors (Lipinski definition) is 3. The van der Waals surface area contributed by atoms with Crippen LogP contribution in [0.4, 0.5) is 0 Å². The van der Waals surface area contributed by atoms with E-state index in [1.165, 1.54) is 57.5 Å². The molecule has 2 unspecified atom stereocenters. The molecule has 0 amide bonds. The molecule has 0 aromatic carbocycles. The monoisotopic (exact) mass is 256 g/mol. The van der Waals surface area contributed by atoms with E-state index in [0.717, 1.165) is 11.3 Å². The predicted molar refractivity (Wildman–Crippen MR) is 77.8 cm³/mol. The van der Waals surface area contributed by atoms with Crippen LogP contribution in [0.2, 0.25) is 0 Å². The average Bonchev–Trinajstić information content (AvgIpc) is 2.30. The average molecular weight is 256 g/mol. The zero-order valence-electron chi connectivity index (χ0n) is 11.5. The molecule has 17 heavy (non-hydrogen) atoms. The minimum Gasteiger partial charge on any atom is -0.311 e. The van der Waals surface area contributed by atoms with Crippen LogP contribution in [0, 0.1) is 0 Å². The van der Waals surface area contributed by atoms with E-state index in [1.807, 2.05) is 0 Å². The Labute approximate surface area is 111 Å². The lowest BCUT2D eigenvalue weighted by atomic mass is 10.0.